The summed E-state index contributed by atoms with van der Waals surface area (Å²) in [4.78, 5) is 18.3. The molecule has 6 rings (SSSR count). The van der Waals surface area contributed by atoms with Crippen LogP contribution in [0.3, 0.4) is 0 Å². The van der Waals surface area contributed by atoms with Gasteiger partial charge in [-0.05, 0) is 64.2 Å². The maximum Gasteiger partial charge on any atom is 0.230 e. The van der Waals surface area contributed by atoms with Crippen molar-refractivity contribution in [2.75, 3.05) is 0 Å². The number of allylic oxidation sites excluding steroid dienone is 1. The second-order valence-corrected chi connectivity index (χ2v) is 9.71. The van der Waals surface area contributed by atoms with E-state index in [4.69, 9.17) is 21.1 Å². The third-order valence-corrected chi connectivity index (χ3v) is 6.85. The molecule has 0 aromatic heterocycles. The zero-order chi connectivity index (χ0) is 27.3. The Labute approximate surface area is 237 Å². The Morgan fingerprint density at radius 3 is 1.55 bits per heavy atom. The standard InChI is InChI=1S/C35H24ClNO3/c36-29-17-11-28(12-18-29)33-34(38)35(40-31-21-15-27(16-22-31)25-9-5-2-6-10-25)32(23-37-33)39-30-19-13-26(14-20-30)24-7-3-1-4-8-24/h1-23,33H. The highest BCUT2D eigenvalue weighted by atomic mass is 35.5. The number of ether oxygens (including phenoxy) is 2. The maximum absolute atomic E-state index is 13.7. The molecule has 0 bridgehead atoms. The highest BCUT2D eigenvalue weighted by molar-refractivity contribution is 6.30. The summed E-state index contributed by atoms with van der Waals surface area (Å²) in [5.74, 6) is 1.13. The molecule has 5 aromatic carbocycles. The van der Waals surface area contributed by atoms with Crippen molar-refractivity contribution in [3.8, 4) is 33.8 Å². The molecule has 0 radical (unpaired) electrons. The Hall–Kier alpha value is -4.93. The summed E-state index contributed by atoms with van der Waals surface area (Å²) >= 11 is 6.07. The number of rotatable bonds is 7. The van der Waals surface area contributed by atoms with Crippen molar-refractivity contribution < 1.29 is 14.3 Å². The molecule has 0 amide bonds. The average Bonchev–Trinajstić information content (AvgIpc) is 3.01. The van der Waals surface area contributed by atoms with Crippen LogP contribution >= 0.6 is 11.6 Å². The monoisotopic (exact) mass is 541 g/mol. The molecule has 0 N–H and O–H groups in total. The number of halogens is 1. The molecule has 0 spiro atoms. The largest absolute Gasteiger partial charge is 0.452 e. The van der Waals surface area contributed by atoms with Crippen LogP contribution in [0.25, 0.3) is 22.3 Å². The van der Waals surface area contributed by atoms with Gasteiger partial charge < -0.3 is 9.47 Å². The van der Waals surface area contributed by atoms with E-state index in [1.165, 1.54) is 0 Å². The number of hydrogen-bond acceptors (Lipinski definition) is 4. The lowest BCUT2D eigenvalue weighted by atomic mass is 9.99. The van der Waals surface area contributed by atoms with E-state index in [0.717, 1.165) is 27.8 Å². The van der Waals surface area contributed by atoms with Crippen LogP contribution in [0, 0.1) is 0 Å². The van der Waals surface area contributed by atoms with Gasteiger partial charge in [-0.3, -0.25) is 9.79 Å². The predicted octanol–water partition coefficient (Wildman–Crippen LogP) is 8.74. The Kier molecular flexibility index (Phi) is 7.25. The molecule has 0 saturated heterocycles. The van der Waals surface area contributed by atoms with Gasteiger partial charge in [0.05, 0.1) is 6.21 Å². The molecule has 5 aromatic rings. The van der Waals surface area contributed by atoms with E-state index < -0.39 is 6.04 Å². The summed E-state index contributed by atoms with van der Waals surface area (Å²) in [5, 5.41) is 0.587. The van der Waals surface area contributed by atoms with Gasteiger partial charge >= 0.3 is 0 Å². The third-order valence-electron chi connectivity index (χ3n) is 6.59. The molecule has 0 saturated carbocycles. The van der Waals surface area contributed by atoms with E-state index in [1.807, 2.05) is 97.1 Å². The van der Waals surface area contributed by atoms with Crippen LogP contribution in [0.2, 0.25) is 5.02 Å². The van der Waals surface area contributed by atoms with Crippen LogP contribution < -0.4 is 9.47 Å². The minimum absolute atomic E-state index is 0.0922. The van der Waals surface area contributed by atoms with Crippen molar-refractivity contribution in [3.05, 3.63) is 156 Å². The quantitative estimate of drug-likeness (QED) is 0.207. The van der Waals surface area contributed by atoms with E-state index in [9.17, 15) is 4.79 Å². The lowest BCUT2D eigenvalue weighted by Crippen LogP contribution is -2.25. The Morgan fingerprint density at radius 1 is 0.550 bits per heavy atom. The lowest BCUT2D eigenvalue weighted by molar-refractivity contribution is -0.119. The van der Waals surface area contributed by atoms with E-state index in [1.54, 1.807) is 30.5 Å². The second-order valence-electron chi connectivity index (χ2n) is 9.27. The summed E-state index contributed by atoms with van der Waals surface area (Å²) < 4.78 is 12.4. The van der Waals surface area contributed by atoms with E-state index in [0.29, 0.717) is 16.5 Å². The number of nitrogens with zero attached hydrogens (tertiary/aromatic N) is 1. The fraction of sp³-hybridized carbons (Fsp3) is 0.0286. The van der Waals surface area contributed by atoms with Gasteiger partial charge in [-0.15, -0.1) is 0 Å². The van der Waals surface area contributed by atoms with Crippen LogP contribution in [0.15, 0.2) is 150 Å². The SMILES string of the molecule is O=C1C(Oc2ccc(-c3ccccc3)cc2)=C(Oc2ccc(-c3ccccc3)cc2)C=NC1c1ccc(Cl)cc1. The zero-order valence-corrected chi connectivity index (χ0v) is 22.2. The fourth-order valence-electron chi connectivity index (χ4n) is 4.51. The number of dihydropyridines is 1. The van der Waals surface area contributed by atoms with Gasteiger partial charge in [-0.2, -0.15) is 0 Å². The first-order chi connectivity index (χ1) is 19.6. The number of carbonyl (C=O) groups excluding carboxylic acids is 1. The molecule has 1 atom stereocenters. The lowest BCUT2D eigenvalue weighted by Gasteiger charge is -2.21. The smallest absolute Gasteiger partial charge is 0.230 e. The molecule has 1 unspecified atom stereocenters. The van der Waals surface area contributed by atoms with Crippen molar-refractivity contribution in [1.29, 1.82) is 0 Å². The number of hydrogen-bond donors (Lipinski definition) is 0. The Bertz CT molecular complexity index is 1680. The average molecular weight is 542 g/mol. The molecule has 1 heterocycles. The number of carbonyl (C=O) groups is 1. The van der Waals surface area contributed by atoms with Gasteiger partial charge in [-0.25, -0.2) is 0 Å². The highest BCUT2D eigenvalue weighted by Crippen LogP contribution is 2.32. The molecule has 5 heteroatoms. The summed E-state index contributed by atoms with van der Waals surface area (Å²) in [6, 6.07) is 41.8. The van der Waals surface area contributed by atoms with Crippen LogP contribution in [-0.2, 0) is 4.79 Å². The van der Waals surface area contributed by atoms with Crippen LogP contribution in [0.1, 0.15) is 11.6 Å². The minimum atomic E-state index is -0.760. The topological polar surface area (TPSA) is 47.9 Å². The molecule has 1 aliphatic rings. The second kappa shape index (κ2) is 11.4. The summed E-state index contributed by atoms with van der Waals surface area (Å²) in [6.45, 7) is 0. The van der Waals surface area contributed by atoms with Crippen molar-refractivity contribution in [2.45, 2.75) is 6.04 Å². The Morgan fingerprint density at radius 2 is 1.02 bits per heavy atom. The van der Waals surface area contributed by atoms with Gasteiger partial charge in [0, 0.05) is 5.02 Å². The molecule has 1 aliphatic heterocycles. The molecule has 4 nitrogen and oxygen atoms in total. The first-order valence-electron chi connectivity index (χ1n) is 12.9. The maximum atomic E-state index is 13.7. The molecule has 0 aliphatic carbocycles. The molecular formula is C35H24ClNO3. The van der Waals surface area contributed by atoms with Crippen molar-refractivity contribution in [3.63, 3.8) is 0 Å². The normalized spacial score (nSPS) is 14.7. The van der Waals surface area contributed by atoms with E-state index in [2.05, 4.69) is 17.1 Å². The first kappa shape index (κ1) is 25.4. The molecule has 194 valence electrons. The van der Waals surface area contributed by atoms with Gasteiger partial charge in [0.2, 0.25) is 11.5 Å². The predicted molar refractivity (Wildman–Crippen MR) is 160 cm³/mol. The summed E-state index contributed by atoms with van der Waals surface area (Å²) in [5.41, 5.74) is 5.04. The van der Waals surface area contributed by atoms with Gasteiger partial charge in [-0.1, -0.05) is 109 Å². The van der Waals surface area contributed by atoms with Crippen LogP contribution in [-0.4, -0.2) is 12.0 Å². The summed E-state index contributed by atoms with van der Waals surface area (Å²) in [6.07, 6.45) is 1.56. The highest BCUT2D eigenvalue weighted by Gasteiger charge is 2.32. The van der Waals surface area contributed by atoms with E-state index >= 15 is 0 Å². The van der Waals surface area contributed by atoms with Gasteiger partial charge in [0.1, 0.15) is 17.5 Å². The molecule has 40 heavy (non-hydrogen) atoms. The Balaban J connectivity index is 1.30. The number of benzene rings is 5. The van der Waals surface area contributed by atoms with Crippen LogP contribution in [0.4, 0.5) is 0 Å². The van der Waals surface area contributed by atoms with Crippen LogP contribution in [0.5, 0.6) is 11.5 Å². The van der Waals surface area contributed by atoms with Crippen molar-refractivity contribution in [1.82, 2.24) is 0 Å². The first-order valence-corrected chi connectivity index (χ1v) is 13.3. The minimum Gasteiger partial charge on any atom is -0.452 e. The van der Waals surface area contributed by atoms with Crippen molar-refractivity contribution >= 4 is 23.6 Å². The molecular weight excluding hydrogens is 518 g/mol. The number of Topliss-reactive ketones (excluding diaryl/α,β-unsaturated/α-hetero) is 1. The van der Waals surface area contributed by atoms with Crippen molar-refractivity contribution in [2.24, 2.45) is 4.99 Å². The number of aliphatic imine (C=N–C) groups is 1. The number of ketones is 1. The van der Waals surface area contributed by atoms with Gasteiger partial charge in [0.25, 0.3) is 0 Å². The molecule has 0 fully saturated rings. The zero-order valence-electron chi connectivity index (χ0n) is 21.4. The van der Waals surface area contributed by atoms with Gasteiger partial charge in [0.15, 0.2) is 5.76 Å². The summed E-state index contributed by atoms with van der Waals surface area (Å²) in [7, 11) is 0. The fourth-order valence-corrected chi connectivity index (χ4v) is 4.63. The van der Waals surface area contributed by atoms with E-state index in [-0.39, 0.29) is 17.3 Å². The third kappa shape index (κ3) is 5.58.